The number of thiophene rings is 1. The van der Waals surface area contributed by atoms with Gasteiger partial charge in [0, 0.05) is 10.4 Å². The second-order valence-electron chi connectivity index (χ2n) is 6.12. The molecule has 0 unspecified atom stereocenters. The number of rotatable bonds is 5. The average Bonchev–Trinajstić information content (AvgIpc) is 3.00. The van der Waals surface area contributed by atoms with Crippen LogP contribution in [0.2, 0.25) is 0 Å². The van der Waals surface area contributed by atoms with Gasteiger partial charge < -0.3 is 10.1 Å². The zero-order valence-electron chi connectivity index (χ0n) is 14.6. The van der Waals surface area contributed by atoms with Crippen molar-refractivity contribution < 1.29 is 14.3 Å². The first kappa shape index (κ1) is 18.2. The van der Waals surface area contributed by atoms with Crippen molar-refractivity contribution >= 4 is 28.2 Å². The fraction of sp³-hybridized carbons (Fsp3) is 0.350. The maximum atomic E-state index is 12.7. The molecule has 1 aliphatic carbocycles. The normalized spacial score (nSPS) is 12.8. The molecular weight excluding hydrogens is 348 g/mol. The Kier molecular flexibility index (Phi) is 5.69. The molecule has 1 aromatic heterocycles. The van der Waals surface area contributed by atoms with Gasteiger partial charge in [-0.2, -0.15) is 5.26 Å². The van der Waals surface area contributed by atoms with Crippen molar-refractivity contribution in [2.45, 2.75) is 39.0 Å². The topological polar surface area (TPSA) is 79.2 Å². The number of nitriles is 1. The Morgan fingerprint density at radius 3 is 2.88 bits per heavy atom. The largest absolute Gasteiger partial charge is 0.462 e. The number of nitrogens with one attached hydrogen (secondary N) is 1. The summed E-state index contributed by atoms with van der Waals surface area (Å²) in [5.74, 6) is -0.658. The van der Waals surface area contributed by atoms with Gasteiger partial charge in [-0.05, 0) is 55.9 Å². The molecule has 0 spiro atoms. The standard InChI is InChI=1S/C20H20N2O3S/c1-2-25-20(24)17-15-8-3-4-9-16(15)26-19(17)22-18(23)14-7-5-6-13(12-14)10-11-21/h5-7,12H,2-4,8-10H2,1H3,(H,22,23). The molecule has 0 bridgehead atoms. The summed E-state index contributed by atoms with van der Waals surface area (Å²) in [5.41, 5.74) is 2.79. The van der Waals surface area contributed by atoms with Gasteiger partial charge in [-0.25, -0.2) is 4.79 Å². The van der Waals surface area contributed by atoms with Crippen LogP contribution < -0.4 is 5.32 Å². The molecule has 0 atom stereocenters. The summed E-state index contributed by atoms with van der Waals surface area (Å²) >= 11 is 1.47. The van der Waals surface area contributed by atoms with Crippen LogP contribution in [0.25, 0.3) is 0 Å². The fourth-order valence-electron chi connectivity index (χ4n) is 3.16. The first-order valence-corrected chi connectivity index (χ1v) is 9.54. The molecule has 134 valence electrons. The molecule has 0 saturated carbocycles. The second kappa shape index (κ2) is 8.15. The van der Waals surface area contributed by atoms with E-state index in [9.17, 15) is 9.59 Å². The summed E-state index contributed by atoms with van der Waals surface area (Å²) in [5, 5.41) is 12.3. The minimum Gasteiger partial charge on any atom is -0.462 e. The molecule has 0 saturated heterocycles. The van der Waals surface area contributed by atoms with Gasteiger partial charge >= 0.3 is 5.97 Å². The van der Waals surface area contributed by atoms with Crippen molar-refractivity contribution in [1.29, 1.82) is 5.26 Å². The van der Waals surface area contributed by atoms with E-state index < -0.39 is 0 Å². The summed E-state index contributed by atoms with van der Waals surface area (Å²) < 4.78 is 5.21. The van der Waals surface area contributed by atoms with Crippen molar-refractivity contribution in [1.82, 2.24) is 0 Å². The van der Waals surface area contributed by atoms with E-state index >= 15 is 0 Å². The number of carbonyl (C=O) groups excluding carboxylic acids is 2. The van der Waals surface area contributed by atoms with E-state index in [1.54, 1.807) is 25.1 Å². The van der Waals surface area contributed by atoms with Gasteiger partial charge in [0.05, 0.1) is 24.7 Å². The van der Waals surface area contributed by atoms with Crippen LogP contribution in [0, 0.1) is 11.3 Å². The maximum Gasteiger partial charge on any atom is 0.341 e. The molecule has 1 heterocycles. The molecular formula is C20H20N2O3S. The van der Waals surface area contributed by atoms with Crippen molar-refractivity contribution in [2.75, 3.05) is 11.9 Å². The van der Waals surface area contributed by atoms with E-state index in [0.717, 1.165) is 41.7 Å². The van der Waals surface area contributed by atoms with E-state index in [2.05, 4.69) is 11.4 Å². The number of hydrogen-bond acceptors (Lipinski definition) is 5. The molecule has 1 amide bonds. The molecule has 26 heavy (non-hydrogen) atoms. The Morgan fingerprint density at radius 2 is 2.12 bits per heavy atom. The van der Waals surface area contributed by atoms with E-state index in [-0.39, 0.29) is 18.3 Å². The molecule has 2 aromatic rings. The predicted molar refractivity (Wildman–Crippen MR) is 101 cm³/mol. The summed E-state index contributed by atoms with van der Waals surface area (Å²) in [6.07, 6.45) is 4.16. The van der Waals surface area contributed by atoms with Crippen molar-refractivity contribution in [2.24, 2.45) is 0 Å². The third-order valence-corrected chi connectivity index (χ3v) is 5.56. The third-order valence-electron chi connectivity index (χ3n) is 4.35. The molecule has 5 nitrogen and oxygen atoms in total. The van der Waals surface area contributed by atoms with E-state index in [4.69, 9.17) is 10.00 Å². The van der Waals surface area contributed by atoms with Crippen LogP contribution in [0.5, 0.6) is 0 Å². The van der Waals surface area contributed by atoms with Crippen LogP contribution in [0.1, 0.15) is 56.5 Å². The number of esters is 1. The Balaban J connectivity index is 1.90. The number of nitrogens with zero attached hydrogens (tertiary/aromatic N) is 1. The first-order chi connectivity index (χ1) is 12.6. The number of aryl methyl sites for hydroxylation is 1. The van der Waals surface area contributed by atoms with Crippen LogP contribution in [-0.4, -0.2) is 18.5 Å². The highest BCUT2D eigenvalue weighted by molar-refractivity contribution is 7.17. The van der Waals surface area contributed by atoms with Crippen LogP contribution >= 0.6 is 11.3 Å². The predicted octanol–water partition coefficient (Wildman–Crippen LogP) is 4.12. The summed E-state index contributed by atoms with van der Waals surface area (Å²) in [6, 6.07) is 9.06. The highest BCUT2D eigenvalue weighted by Gasteiger charge is 2.27. The Morgan fingerprint density at radius 1 is 1.31 bits per heavy atom. The van der Waals surface area contributed by atoms with E-state index in [1.807, 2.05) is 6.07 Å². The molecule has 0 fully saturated rings. The van der Waals surface area contributed by atoms with Gasteiger partial charge in [0.2, 0.25) is 0 Å². The minimum absolute atomic E-state index is 0.252. The number of carbonyl (C=O) groups is 2. The van der Waals surface area contributed by atoms with E-state index in [0.29, 0.717) is 22.7 Å². The quantitative estimate of drug-likeness (QED) is 0.805. The smallest absolute Gasteiger partial charge is 0.341 e. The van der Waals surface area contributed by atoms with Gasteiger partial charge in [0.1, 0.15) is 5.00 Å². The van der Waals surface area contributed by atoms with Crippen molar-refractivity contribution in [3.05, 3.63) is 51.4 Å². The number of hydrogen-bond donors (Lipinski definition) is 1. The average molecular weight is 368 g/mol. The lowest BCUT2D eigenvalue weighted by Crippen LogP contribution is -2.16. The molecule has 0 radical (unpaired) electrons. The van der Waals surface area contributed by atoms with E-state index in [1.165, 1.54) is 11.3 Å². The lowest BCUT2D eigenvalue weighted by atomic mass is 9.95. The number of amides is 1. The maximum absolute atomic E-state index is 12.7. The van der Waals surface area contributed by atoms with Gasteiger partial charge in [0.25, 0.3) is 5.91 Å². The molecule has 1 aliphatic rings. The lowest BCUT2D eigenvalue weighted by molar-refractivity contribution is 0.0526. The Bertz CT molecular complexity index is 880. The first-order valence-electron chi connectivity index (χ1n) is 8.73. The number of ether oxygens (including phenoxy) is 1. The highest BCUT2D eigenvalue weighted by Crippen LogP contribution is 2.38. The Labute approximate surface area is 156 Å². The Hall–Kier alpha value is -2.65. The zero-order chi connectivity index (χ0) is 18.5. The van der Waals surface area contributed by atoms with Crippen LogP contribution in [0.3, 0.4) is 0 Å². The van der Waals surface area contributed by atoms with Crippen LogP contribution in [0.4, 0.5) is 5.00 Å². The zero-order valence-corrected chi connectivity index (χ0v) is 15.4. The number of anilines is 1. The van der Waals surface area contributed by atoms with Gasteiger partial charge in [-0.1, -0.05) is 12.1 Å². The van der Waals surface area contributed by atoms with Crippen LogP contribution in [0.15, 0.2) is 24.3 Å². The van der Waals surface area contributed by atoms with Gasteiger partial charge in [0.15, 0.2) is 0 Å². The lowest BCUT2D eigenvalue weighted by Gasteiger charge is -2.12. The highest BCUT2D eigenvalue weighted by atomic mass is 32.1. The number of fused-ring (bicyclic) bond motifs is 1. The molecule has 6 heteroatoms. The van der Waals surface area contributed by atoms with Crippen LogP contribution in [-0.2, 0) is 24.0 Å². The molecule has 3 rings (SSSR count). The van der Waals surface area contributed by atoms with Crippen molar-refractivity contribution in [3.8, 4) is 6.07 Å². The van der Waals surface area contributed by atoms with Crippen molar-refractivity contribution in [3.63, 3.8) is 0 Å². The molecule has 1 N–H and O–H groups in total. The fourth-order valence-corrected chi connectivity index (χ4v) is 4.43. The third kappa shape index (κ3) is 3.78. The molecule has 0 aliphatic heterocycles. The monoisotopic (exact) mass is 368 g/mol. The second-order valence-corrected chi connectivity index (χ2v) is 7.23. The SMILES string of the molecule is CCOC(=O)c1c(NC(=O)c2cccc(CC#N)c2)sc2c1CCCC2. The minimum atomic E-state index is -0.375. The molecule has 1 aromatic carbocycles. The summed E-state index contributed by atoms with van der Waals surface area (Å²) in [6.45, 7) is 2.07. The summed E-state index contributed by atoms with van der Waals surface area (Å²) in [4.78, 5) is 26.3. The van der Waals surface area contributed by atoms with Gasteiger partial charge in [-0.3, -0.25) is 4.79 Å². The van der Waals surface area contributed by atoms with Gasteiger partial charge in [-0.15, -0.1) is 11.3 Å². The summed E-state index contributed by atoms with van der Waals surface area (Å²) in [7, 11) is 0. The number of benzene rings is 1.